The summed E-state index contributed by atoms with van der Waals surface area (Å²) in [6.45, 7) is -0.375. The molecule has 2 fully saturated rings. The lowest BCUT2D eigenvalue weighted by molar-refractivity contribution is -0.143. The second-order valence-corrected chi connectivity index (χ2v) is 7.35. The second kappa shape index (κ2) is 5.51. The van der Waals surface area contributed by atoms with Crippen molar-refractivity contribution in [1.82, 2.24) is 4.90 Å². The van der Waals surface area contributed by atoms with Crippen molar-refractivity contribution in [2.45, 2.75) is 6.42 Å². The Balaban J connectivity index is 1.47. The Morgan fingerprint density at radius 1 is 1.21 bits per heavy atom. The monoisotopic (exact) mass is 392 g/mol. The van der Waals surface area contributed by atoms with Crippen LogP contribution >= 0.6 is 15.9 Å². The number of allylic oxidation sites excluding steroid dienone is 2. The van der Waals surface area contributed by atoms with Crippen LogP contribution in [0.15, 0.2) is 34.8 Å². The van der Waals surface area contributed by atoms with Crippen molar-refractivity contribution in [2.75, 3.05) is 11.9 Å². The predicted octanol–water partition coefficient (Wildman–Crippen LogP) is 2.33. The molecule has 0 unspecified atom stereocenters. The number of carbonyl (C=O) groups is 3. The first-order valence-electron chi connectivity index (χ1n) is 7.74. The topological polar surface area (TPSA) is 66.5 Å². The molecule has 1 saturated heterocycles. The molecule has 1 N–H and O–H groups in total. The number of amides is 3. The zero-order valence-corrected chi connectivity index (χ0v) is 14.1. The SMILES string of the molecule is O=C(CN1C(=O)[C@@H]2[C@H](C1=O)[C@H]1C=C[C@H]2C1)Nc1ccc(Br)cc1F. The highest BCUT2D eigenvalue weighted by Crippen LogP contribution is 2.52. The van der Waals surface area contributed by atoms with E-state index < -0.39 is 11.7 Å². The smallest absolute Gasteiger partial charge is 0.244 e. The molecule has 3 aliphatic rings. The van der Waals surface area contributed by atoms with Gasteiger partial charge in [0.15, 0.2) is 0 Å². The highest BCUT2D eigenvalue weighted by molar-refractivity contribution is 9.10. The Morgan fingerprint density at radius 3 is 2.42 bits per heavy atom. The minimum Gasteiger partial charge on any atom is -0.322 e. The molecule has 1 aliphatic heterocycles. The van der Waals surface area contributed by atoms with Crippen LogP contribution in [0.25, 0.3) is 0 Å². The summed E-state index contributed by atoms with van der Waals surface area (Å²) in [6.07, 6.45) is 4.84. The molecule has 124 valence electrons. The van der Waals surface area contributed by atoms with Gasteiger partial charge in [-0.1, -0.05) is 28.1 Å². The van der Waals surface area contributed by atoms with Gasteiger partial charge in [-0.05, 0) is 36.5 Å². The van der Waals surface area contributed by atoms with Crippen LogP contribution in [0.3, 0.4) is 0 Å². The molecule has 2 bridgehead atoms. The minimum atomic E-state index is -0.587. The molecule has 4 rings (SSSR count). The van der Waals surface area contributed by atoms with Crippen molar-refractivity contribution in [1.29, 1.82) is 0 Å². The zero-order chi connectivity index (χ0) is 17.0. The number of imide groups is 1. The molecule has 3 amide bonds. The van der Waals surface area contributed by atoms with Gasteiger partial charge in [0.1, 0.15) is 12.4 Å². The van der Waals surface area contributed by atoms with Gasteiger partial charge in [-0.25, -0.2) is 4.39 Å². The summed E-state index contributed by atoms with van der Waals surface area (Å²) in [6, 6.07) is 4.25. The number of benzene rings is 1. The summed E-state index contributed by atoms with van der Waals surface area (Å²) >= 11 is 3.14. The molecule has 0 aromatic heterocycles. The van der Waals surface area contributed by atoms with E-state index in [0.717, 1.165) is 11.3 Å². The third-order valence-electron chi connectivity index (χ3n) is 5.07. The van der Waals surface area contributed by atoms with Crippen molar-refractivity contribution >= 4 is 39.3 Å². The van der Waals surface area contributed by atoms with Gasteiger partial charge in [-0.2, -0.15) is 0 Å². The number of hydrogen-bond donors (Lipinski definition) is 1. The van der Waals surface area contributed by atoms with Gasteiger partial charge in [0.05, 0.1) is 17.5 Å². The number of likely N-dealkylation sites (tertiary alicyclic amines) is 1. The highest BCUT2D eigenvalue weighted by Gasteiger charge is 2.59. The van der Waals surface area contributed by atoms with Crippen LogP contribution in [0.2, 0.25) is 0 Å². The number of carbonyl (C=O) groups excluding carboxylic acids is 3. The quantitative estimate of drug-likeness (QED) is 0.633. The molecule has 1 aromatic carbocycles. The molecule has 2 aliphatic carbocycles. The van der Waals surface area contributed by atoms with Crippen molar-refractivity contribution in [3.8, 4) is 0 Å². The standard InChI is InChI=1S/C17H14BrFN2O3/c18-10-3-4-12(11(19)6-10)20-13(22)7-21-16(23)14-8-1-2-9(5-8)15(14)17(21)24/h1-4,6,8-9,14-15H,5,7H2,(H,20,22)/t8-,9-,14-,15+/m0/s1. The van der Waals surface area contributed by atoms with Gasteiger partial charge in [0.2, 0.25) is 17.7 Å². The van der Waals surface area contributed by atoms with Gasteiger partial charge < -0.3 is 5.32 Å². The fourth-order valence-electron chi connectivity index (χ4n) is 4.04. The van der Waals surface area contributed by atoms with E-state index in [1.807, 2.05) is 12.2 Å². The minimum absolute atomic E-state index is 0.0178. The van der Waals surface area contributed by atoms with Crippen molar-refractivity contribution < 1.29 is 18.8 Å². The van der Waals surface area contributed by atoms with Crippen molar-refractivity contribution in [3.63, 3.8) is 0 Å². The van der Waals surface area contributed by atoms with E-state index in [2.05, 4.69) is 21.2 Å². The summed E-state index contributed by atoms with van der Waals surface area (Å²) in [4.78, 5) is 38.2. The van der Waals surface area contributed by atoms with Gasteiger partial charge in [-0.15, -0.1) is 0 Å². The Hall–Kier alpha value is -2.02. The molecule has 1 aromatic rings. The first-order valence-corrected chi connectivity index (χ1v) is 8.53. The van der Waals surface area contributed by atoms with Crippen LogP contribution in [0, 0.1) is 29.5 Å². The molecule has 7 heteroatoms. The Morgan fingerprint density at radius 2 is 1.83 bits per heavy atom. The summed E-state index contributed by atoms with van der Waals surface area (Å²) in [5, 5.41) is 2.41. The number of halogens is 2. The van der Waals surface area contributed by atoms with E-state index in [-0.39, 0.29) is 47.7 Å². The molecule has 5 nitrogen and oxygen atoms in total. The van der Waals surface area contributed by atoms with Crippen LogP contribution in [0.1, 0.15) is 6.42 Å². The first kappa shape index (κ1) is 15.5. The van der Waals surface area contributed by atoms with E-state index in [1.54, 1.807) is 6.07 Å². The third kappa shape index (κ3) is 2.30. The molecule has 24 heavy (non-hydrogen) atoms. The Labute approximate surface area is 146 Å². The average Bonchev–Trinajstić information content (AvgIpc) is 3.20. The maximum atomic E-state index is 13.8. The zero-order valence-electron chi connectivity index (χ0n) is 12.5. The average molecular weight is 393 g/mol. The maximum Gasteiger partial charge on any atom is 0.244 e. The lowest BCUT2D eigenvalue weighted by Crippen LogP contribution is -2.39. The normalized spacial score (nSPS) is 30.2. The summed E-state index contributed by atoms with van der Waals surface area (Å²) in [5.74, 6) is -2.19. The first-order chi connectivity index (χ1) is 11.5. The third-order valence-corrected chi connectivity index (χ3v) is 5.56. The fraction of sp³-hybridized carbons (Fsp3) is 0.353. The second-order valence-electron chi connectivity index (χ2n) is 6.43. The van der Waals surface area contributed by atoms with Gasteiger partial charge in [0.25, 0.3) is 0 Å². The summed E-state index contributed by atoms with van der Waals surface area (Å²) < 4.78 is 14.3. The number of hydrogen-bond acceptors (Lipinski definition) is 3. The number of rotatable bonds is 3. The van der Waals surface area contributed by atoms with Crippen molar-refractivity contribution in [2.24, 2.45) is 23.7 Å². The van der Waals surface area contributed by atoms with E-state index in [1.165, 1.54) is 12.1 Å². The lowest BCUT2D eigenvalue weighted by atomic mass is 9.85. The fourth-order valence-corrected chi connectivity index (χ4v) is 4.38. The number of nitrogens with zero attached hydrogens (tertiary/aromatic N) is 1. The predicted molar refractivity (Wildman–Crippen MR) is 87.2 cm³/mol. The van der Waals surface area contributed by atoms with E-state index >= 15 is 0 Å². The number of fused-ring (bicyclic) bond motifs is 5. The Bertz CT molecular complexity index is 764. The molecule has 1 saturated carbocycles. The van der Waals surface area contributed by atoms with E-state index in [9.17, 15) is 18.8 Å². The molecular weight excluding hydrogens is 379 g/mol. The molecule has 0 radical (unpaired) electrons. The molecule has 1 heterocycles. The van der Waals surface area contributed by atoms with Crippen LogP contribution in [0.4, 0.5) is 10.1 Å². The number of anilines is 1. The van der Waals surface area contributed by atoms with Gasteiger partial charge in [-0.3, -0.25) is 19.3 Å². The number of nitrogens with one attached hydrogen (secondary N) is 1. The molecule has 4 atom stereocenters. The van der Waals surface area contributed by atoms with E-state index in [4.69, 9.17) is 0 Å². The lowest BCUT2D eigenvalue weighted by Gasteiger charge is -2.17. The van der Waals surface area contributed by atoms with Gasteiger partial charge >= 0.3 is 0 Å². The van der Waals surface area contributed by atoms with Crippen LogP contribution in [-0.2, 0) is 14.4 Å². The van der Waals surface area contributed by atoms with Crippen LogP contribution in [-0.4, -0.2) is 29.2 Å². The summed E-state index contributed by atoms with van der Waals surface area (Å²) in [7, 11) is 0. The highest BCUT2D eigenvalue weighted by atomic mass is 79.9. The summed E-state index contributed by atoms with van der Waals surface area (Å²) in [5.41, 5.74) is 0.0178. The largest absolute Gasteiger partial charge is 0.322 e. The van der Waals surface area contributed by atoms with Crippen molar-refractivity contribution in [3.05, 3.63) is 40.6 Å². The van der Waals surface area contributed by atoms with Gasteiger partial charge in [0, 0.05) is 4.47 Å². The Kier molecular flexibility index (Phi) is 3.56. The van der Waals surface area contributed by atoms with E-state index in [0.29, 0.717) is 4.47 Å². The maximum absolute atomic E-state index is 13.8. The molecule has 0 spiro atoms. The van der Waals surface area contributed by atoms with Crippen LogP contribution < -0.4 is 5.32 Å². The molecular formula is C17H14BrFN2O3. The van der Waals surface area contributed by atoms with Crippen LogP contribution in [0.5, 0.6) is 0 Å².